The van der Waals surface area contributed by atoms with Crippen LogP contribution < -0.4 is 0 Å². The molecule has 0 saturated carbocycles. The second-order valence-corrected chi connectivity index (χ2v) is 6.30. The molecule has 1 heterocycles. The summed E-state index contributed by atoms with van der Waals surface area (Å²) in [5.74, 6) is 0.929. The Morgan fingerprint density at radius 3 is 2.38 bits per heavy atom. The van der Waals surface area contributed by atoms with Crippen LogP contribution in [0.3, 0.4) is 0 Å². The van der Waals surface area contributed by atoms with Crippen LogP contribution in [-0.2, 0) is 6.54 Å². The number of fused-ring (bicyclic) bond motifs is 1. The first kappa shape index (κ1) is 14.2. The third-order valence-electron chi connectivity index (χ3n) is 3.75. The molecule has 0 aliphatic carbocycles. The van der Waals surface area contributed by atoms with Crippen LogP contribution in [0.15, 0.2) is 42.5 Å². The topological polar surface area (TPSA) is 17.8 Å². The van der Waals surface area contributed by atoms with E-state index in [9.17, 15) is 0 Å². The number of benzene rings is 2. The molecular formula is C18H19ClN2. The van der Waals surface area contributed by atoms with Gasteiger partial charge in [-0.3, -0.25) is 0 Å². The summed E-state index contributed by atoms with van der Waals surface area (Å²) in [6.45, 7) is 6.96. The molecule has 3 rings (SSSR count). The van der Waals surface area contributed by atoms with Gasteiger partial charge >= 0.3 is 0 Å². The Morgan fingerprint density at radius 2 is 1.71 bits per heavy atom. The third kappa shape index (κ3) is 2.81. The predicted octanol–water partition coefficient (Wildman–Crippen LogP) is 5.00. The molecule has 0 saturated heterocycles. The van der Waals surface area contributed by atoms with Crippen LogP contribution in [0.4, 0.5) is 0 Å². The Morgan fingerprint density at radius 1 is 1.05 bits per heavy atom. The molecule has 0 aliphatic heterocycles. The Hall–Kier alpha value is -1.80. The summed E-state index contributed by atoms with van der Waals surface area (Å²) in [5.41, 5.74) is 5.92. The van der Waals surface area contributed by atoms with Crippen molar-refractivity contribution in [2.45, 2.75) is 32.7 Å². The Bertz CT molecular complexity index is 770. The van der Waals surface area contributed by atoms with Gasteiger partial charge in [-0.05, 0) is 44.0 Å². The van der Waals surface area contributed by atoms with Crippen molar-refractivity contribution >= 4 is 22.6 Å². The number of rotatable bonds is 3. The number of imidazole rings is 1. The van der Waals surface area contributed by atoms with E-state index in [1.54, 1.807) is 0 Å². The van der Waals surface area contributed by atoms with E-state index < -0.39 is 0 Å². The maximum atomic E-state index is 6.33. The van der Waals surface area contributed by atoms with Crippen LogP contribution >= 0.6 is 11.6 Å². The summed E-state index contributed by atoms with van der Waals surface area (Å²) in [7, 11) is 0. The zero-order valence-corrected chi connectivity index (χ0v) is 13.4. The standard InChI is InChI=1S/C18H19ClN2/c1-12-4-7-15(8-5-12)11-21-17-9-6-13(2)10-16(17)20-18(21)14(3)19/h4-10,14H,11H2,1-3H3. The maximum Gasteiger partial charge on any atom is 0.128 e. The van der Waals surface area contributed by atoms with E-state index in [2.05, 4.69) is 60.9 Å². The second-order valence-electron chi connectivity index (χ2n) is 5.65. The Kier molecular flexibility index (Phi) is 3.73. The summed E-state index contributed by atoms with van der Waals surface area (Å²) >= 11 is 6.33. The average Bonchev–Trinajstić information content (AvgIpc) is 2.79. The van der Waals surface area contributed by atoms with Gasteiger partial charge in [0.1, 0.15) is 5.82 Å². The van der Waals surface area contributed by atoms with Crippen molar-refractivity contribution in [1.29, 1.82) is 0 Å². The lowest BCUT2D eigenvalue weighted by Crippen LogP contribution is -2.05. The third-order valence-corrected chi connectivity index (χ3v) is 3.95. The molecule has 3 aromatic rings. The quantitative estimate of drug-likeness (QED) is 0.622. The van der Waals surface area contributed by atoms with Gasteiger partial charge in [0.25, 0.3) is 0 Å². The van der Waals surface area contributed by atoms with Crippen molar-refractivity contribution in [1.82, 2.24) is 9.55 Å². The van der Waals surface area contributed by atoms with Gasteiger partial charge in [0.05, 0.1) is 16.4 Å². The van der Waals surface area contributed by atoms with Gasteiger partial charge in [-0.2, -0.15) is 0 Å². The van der Waals surface area contributed by atoms with E-state index in [0.29, 0.717) is 0 Å². The van der Waals surface area contributed by atoms with Crippen molar-refractivity contribution in [3.05, 3.63) is 65.0 Å². The molecule has 1 unspecified atom stereocenters. The number of alkyl halides is 1. The van der Waals surface area contributed by atoms with Crippen LogP contribution in [0.2, 0.25) is 0 Å². The minimum absolute atomic E-state index is 0.108. The van der Waals surface area contributed by atoms with Crippen LogP contribution in [-0.4, -0.2) is 9.55 Å². The molecule has 0 N–H and O–H groups in total. The molecule has 108 valence electrons. The highest BCUT2D eigenvalue weighted by Gasteiger charge is 2.15. The van der Waals surface area contributed by atoms with Gasteiger partial charge in [0, 0.05) is 6.54 Å². The van der Waals surface area contributed by atoms with Gasteiger partial charge in [-0.15, -0.1) is 11.6 Å². The fourth-order valence-corrected chi connectivity index (χ4v) is 2.77. The van der Waals surface area contributed by atoms with Crippen molar-refractivity contribution in [2.75, 3.05) is 0 Å². The lowest BCUT2D eigenvalue weighted by atomic mass is 10.1. The number of nitrogens with zero attached hydrogens (tertiary/aromatic N) is 2. The monoisotopic (exact) mass is 298 g/mol. The van der Waals surface area contributed by atoms with E-state index >= 15 is 0 Å². The van der Waals surface area contributed by atoms with E-state index in [-0.39, 0.29) is 5.38 Å². The zero-order valence-electron chi connectivity index (χ0n) is 12.6. The molecule has 0 bridgehead atoms. The van der Waals surface area contributed by atoms with Crippen LogP contribution in [0, 0.1) is 13.8 Å². The van der Waals surface area contributed by atoms with Crippen LogP contribution in [0.25, 0.3) is 11.0 Å². The first-order valence-electron chi connectivity index (χ1n) is 7.21. The fraction of sp³-hybridized carbons (Fsp3) is 0.278. The molecule has 2 nitrogen and oxygen atoms in total. The molecule has 1 atom stereocenters. The molecule has 0 amide bonds. The highest BCUT2D eigenvalue weighted by Crippen LogP contribution is 2.26. The molecule has 21 heavy (non-hydrogen) atoms. The van der Waals surface area contributed by atoms with Crippen LogP contribution in [0.1, 0.15) is 34.8 Å². The lowest BCUT2D eigenvalue weighted by molar-refractivity contribution is 0.742. The minimum atomic E-state index is -0.108. The minimum Gasteiger partial charge on any atom is -0.322 e. The second kappa shape index (κ2) is 5.53. The van der Waals surface area contributed by atoms with E-state index in [1.807, 2.05) is 6.92 Å². The molecular weight excluding hydrogens is 280 g/mol. The molecule has 3 heteroatoms. The molecule has 0 radical (unpaired) electrons. The first-order chi connectivity index (χ1) is 10.0. The fourth-order valence-electron chi connectivity index (χ4n) is 2.60. The van der Waals surface area contributed by atoms with Crippen molar-refractivity contribution in [3.8, 4) is 0 Å². The first-order valence-corrected chi connectivity index (χ1v) is 7.64. The normalized spacial score (nSPS) is 12.8. The van der Waals surface area contributed by atoms with E-state index in [4.69, 9.17) is 16.6 Å². The molecule has 1 aromatic heterocycles. The number of hydrogen-bond donors (Lipinski definition) is 0. The van der Waals surface area contributed by atoms with Gasteiger partial charge < -0.3 is 4.57 Å². The zero-order chi connectivity index (χ0) is 15.0. The van der Waals surface area contributed by atoms with Gasteiger partial charge in [-0.25, -0.2) is 4.98 Å². The summed E-state index contributed by atoms with van der Waals surface area (Å²) in [6.07, 6.45) is 0. The smallest absolute Gasteiger partial charge is 0.128 e. The molecule has 2 aromatic carbocycles. The van der Waals surface area contributed by atoms with Gasteiger partial charge in [0.2, 0.25) is 0 Å². The maximum absolute atomic E-state index is 6.33. The van der Waals surface area contributed by atoms with Gasteiger partial charge in [0.15, 0.2) is 0 Å². The average molecular weight is 299 g/mol. The lowest BCUT2D eigenvalue weighted by Gasteiger charge is -2.11. The van der Waals surface area contributed by atoms with E-state index in [0.717, 1.165) is 23.4 Å². The van der Waals surface area contributed by atoms with Crippen LogP contribution in [0.5, 0.6) is 0 Å². The molecule has 0 aliphatic rings. The largest absolute Gasteiger partial charge is 0.322 e. The summed E-state index contributed by atoms with van der Waals surface area (Å²) in [6, 6.07) is 15.0. The summed E-state index contributed by atoms with van der Waals surface area (Å²) in [5, 5.41) is -0.108. The number of hydrogen-bond acceptors (Lipinski definition) is 1. The number of aromatic nitrogens is 2. The molecule has 0 fully saturated rings. The van der Waals surface area contributed by atoms with Gasteiger partial charge in [-0.1, -0.05) is 35.9 Å². The van der Waals surface area contributed by atoms with Crippen molar-refractivity contribution in [2.24, 2.45) is 0 Å². The predicted molar refractivity (Wildman–Crippen MR) is 89.0 cm³/mol. The highest BCUT2D eigenvalue weighted by molar-refractivity contribution is 6.20. The summed E-state index contributed by atoms with van der Waals surface area (Å²) in [4.78, 5) is 4.72. The van der Waals surface area contributed by atoms with Crippen molar-refractivity contribution < 1.29 is 0 Å². The summed E-state index contributed by atoms with van der Waals surface area (Å²) < 4.78 is 2.22. The van der Waals surface area contributed by atoms with Crippen molar-refractivity contribution in [3.63, 3.8) is 0 Å². The number of halogens is 1. The Balaban J connectivity index is 2.10. The molecule has 0 spiro atoms. The number of aryl methyl sites for hydroxylation is 2. The Labute approximate surface area is 130 Å². The SMILES string of the molecule is Cc1ccc(Cn2c(C(C)Cl)nc3cc(C)ccc32)cc1. The van der Waals surface area contributed by atoms with E-state index in [1.165, 1.54) is 16.7 Å². The highest BCUT2D eigenvalue weighted by atomic mass is 35.5.